The van der Waals surface area contributed by atoms with E-state index in [1.165, 1.54) is 12.1 Å². The largest absolute Gasteiger partial charge is 0.514 e. The second-order valence-corrected chi connectivity index (χ2v) is 14.8. The van der Waals surface area contributed by atoms with Crippen molar-refractivity contribution >= 4 is 34.8 Å². The normalized spacial score (nSPS) is 14.9. The smallest absolute Gasteiger partial charge is 0.493 e. The van der Waals surface area contributed by atoms with E-state index in [1.54, 1.807) is 56.9 Å². The molecule has 11 heteroatoms. The fraction of sp³-hybridized carbons (Fsp3) is 0.487. The lowest BCUT2D eigenvalue weighted by molar-refractivity contribution is 0.00730. The summed E-state index contributed by atoms with van der Waals surface area (Å²) in [4.78, 5) is 53.3. The van der Waals surface area contributed by atoms with Gasteiger partial charge in [-0.25, -0.2) is 14.4 Å². The summed E-state index contributed by atoms with van der Waals surface area (Å²) in [7, 11) is 0. The van der Waals surface area contributed by atoms with Crippen molar-refractivity contribution in [3.63, 3.8) is 0 Å². The number of fused-ring (bicyclic) bond motifs is 1. The lowest BCUT2D eigenvalue weighted by Gasteiger charge is -2.36. The second-order valence-electron chi connectivity index (χ2n) is 14.8. The summed E-state index contributed by atoms with van der Waals surface area (Å²) in [5.74, 6) is 0.305. The molecular weight excluding hydrogens is 640 g/mol. The number of amides is 2. The van der Waals surface area contributed by atoms with E-state index in [4.69, 9.17) is 23.4 Å². The van der Waals surface area contributed by atoms with Gasteiger partial charge in [0.1, 0.15) is 34.0 Å². The van der Waals surface area contributed by atoms with Crippen LogP contribution in [-0.4, -0.2) is 53.5 Å². The minimum absolute atomic E-state index is 0.0143. The molecule has 0 spiro atoms. The number of anilines is 1. The zero-order valence-corrected chi connectivity index (χ0v) is 30.7. The first-order valence-electron chi connectivity index (χ1n) is 17.1. The Balaban J connectivity index is 1.47. The summed E-state index contributed by atoms with van der Waals surface area (Å²) in [6, 6.07) is 9.81. The predicted molar refractivity (Wildman–Crippen MR) is 192 cm³/mol. The number of benzene rings is 2. The first-order chi connectivity index (χ1) is 23.4. The van der Waals surface area contributed by atoms with Crippen molar-refractivity contribution in [2.75, 3.05) is 18.5 Å². The van der Waals surface area contributed by atoms with Crippen LogP contribution in [0.15, 0.2) is 57.3 Å². The van der Waals surface area contributed by atoms with E-state index in [9.17, 15) is 19.2 Å². The minimum Gasteiger partial charge on any atom is -0.493 e. The highest BCUT2D eigenvalue weighted by Crippen LogP contribution is 2.30. The predicted octanol–water partition coefficient (Wildman–Crippen LogP) is 8.73. The maximum absolute atomic E-state index is 13.3. The van der Waals surface area contributed by atoms with E-state index in [0.717, 1.165) is 24.8 Å². The monoisotopic (exact) mass is 690 g/mol. The fourth-order valence-electron chi connectivity index (χ4n) is 5.56. The maximum Gasteiger partial charge on any atom is 0.514 e. The number of allylic oxidation sites excluding steroid dienone is 2. The van der Waals surface area contributed by atoms with Gasteiger partial charge in [-0.3, -0.25) is 4.79 Å². The molecule has 11 nitrogen and oxygen atoms in total. The molecule has 50 heavy (non-hydrogen) atoms. The van der Waals surface area contributed by atoms with Gasteiger partial charge in [0.05, 0.1) is 6.61 Å². The topological polar surface area (TPSA) is 134 Å². The molecule has 2 amide bonds. The summed E-state index contributed by atoms with van der Waals surface area (Å²) in [6.45, 7) is 17.5. The Morgan fingerprint density at radius 2 is 1.66 bits per heavy atom. The molecule has 3 aromatic rings. The number of hydrogen-bond donors (Lipinski definition) is 1. The Morgan fingerprint density at radius 3 is 2.34 bits per heavy atom. The van der Waals surface area contributed by atoms with Crippen molar-refractivity contribution in [2.24, 2.45) is 0 Å². The summed E-state index contributed by atoms with van der Waals surface area (Å²) in [5, 5.41) is 3.28. The van der Waals surface area contributed by atoms with Gasteiger partial charge in [0, 0.05) is 35.5 Å². The highest BCUT2D eigenvalue weighted by Gasteiger charge is 2.30. The highest BCUT2D eigenvalue weighted by molar-refractivity contribution is 6.05. The Bertz CT molecular complexity index is 1810. The molecule has 1 aromatic heterocycles. The van der Waals surface area contributed by atoms with Crippen LogP contribution in [0.3, 0.4) is 0 Å². The molecule has 270 valence electrons. The summed E-state index contributed by atoms with van der Waals surface area (Å²) >= 11 is 0. The van der Waals surface area contributed by atoms with E-state index >= 15 is 0 Å². The zero-order chi connectivity index (χ0) is 36.8. The number of aryl methyl sites for hydroxylation is 1. The summed E-state index contributed by atoms with van der Waals surface area (Å²) < 4.78 is 28.2. The van der Waals surface area contributed by atoms with Gasteiger partial charge in [-0.2, -0.15) is 0 Å². The van der Waals surface area contributed by atoms with Crippen LogP contribution in [0.2, 0.25) is 0 Å². The van der Waals surface area contributed by atoms with E-state index in [-0.39, 0.29) is 29.1 Å². The Kier molecular flexibility index (Phi) is 12.0. The van der Waals surface area contributed by atoms with Crippen molar-refractivity contribution in [3.05, 3.63) is 75.2 Å². The number of carbonyl (C=O) groups is 3. The molecule has 1 atom stereocenters. The number of carbonyl (C=O) groups excluding carboxylic acids is 3. The lowest BCUT2D eigenvalue weighted by atomic mass is 10.0. The number of rotatable bonds is 9. The van der Waals surface area contributed by atoms with E-state index in [0.29, 0.717) is 53.8 Å². The molecule has 0 bridgehead atoms. The van der Waals surface area contributed by atoms with Crippen LogP contribution in [0, 0.1) is 6.92 Å². The van der Waals surface area contributed by atoms with Gasteiger partial charge in [0.15, 0.2) is 0 Å². The van der Waals surface area contributed by atoms with Gasteiger partial charge in [-0.1, -0.05) is 11.6 Å². The molecule has 0 aliphatic carbocycles. The van der Waals surface area contributed by atoms with E-state index in [1.807, 2.05) is 40.7 Å². The van der Waals surface area contributed by atoms with Gasteiger partial charge in [-0.15, -0.1) is 0 Å². The number of nitrogens with one attached hydrogen (secondary N) is 1. The standard InChI is InChI=1S/C39H50N2O9/c1-24(2)13-14-26-22-28(16-18-32(26)47-37(45)50-39(7,8)9)34(42)40-30-23-27-15-17-31(25(3)33(27)48-35(30)43)46-21-19-29-12-10-11-20-41(29)36(44)49-38(4,5)6/h13,15-18,22-23,29H,10-12,14,19-21H2,1-9H3,(H,40,42). The number of nitrogens with zero attached hydrogens (tertiary/aromatic N) is 1. The first kappa shape index (κ1) is 38.0. The molecule has 0 radical (unpaired) electrons. The molecule has 2 aromatic carbocycles. The quantitative estimate of drug-likeness (QED) is 0.101. The Hall–Kier alpha value is -4.80. The van der Waals surface area contributed by atoms with Gasteiger partial charge < -0.3 is 33.6 Å². The number of likely N-dealkylation sites (tertiary alicyclic amines) is 1. The molecule has 1 unspecified atom stereocenters. The third-order valence-electron chi connectivity index (χ3n) is 7.95. The van der Waals surface area contributed by atoms with Gasteiger partial charge in [0.2, 0.25) is 0 Å². The maximum atomic E-state index is 13.3. The summed E-state index contributed by atoms with van der Waals surface area (Å²) in [6.07, 6.45) is 4.70. The lowest BCUT2D eigenvalue weighted by Crippen LogP contribution is -2.46. The molecule has 1 N–H and O–H groups in total. The molecular formula is C39H50N2O9. The van der Waals surface area contributed by atoms with Crippen LogP contribution in [-0.2, 0) is 15.9 Å². The Labute approximate surface area is 293 Å². The van der Waals surface area contributed by atoms with Crippen molar-refractivity contribution in [3.8, 4) is 11.5 Å². The van der Waals surface area contributed by atoms with Crippen LogP contribution >= 0.6 is 0 Å². The second kappa shape index (κ2) is 15.8. The van der Waals surface area contributed by atoms with Gasteiger partial charge in [0.25, 0.3) is 5.91 Å². The molecule has 1 saturated heterocycles. The van der Waals surface area contributed by atoms with E-state index in [2.05, 4.69) is 5.32 Å². The molecule has 0 saturated carbocycles. The fourth-order valence-corrected chi connectivity index (χ4v) is 5.56. The molecule has 1 aliphatic rings. The van der Waals surface area contributed by atoms with E-state index < -0.39 is 28.9 Å². The number of piperidine rings is 1. The van der Waals surface area contributed by atoms with Crippen molar-refractivity contribution in [1.29, 1.82) is 0 Å². The molecule has 1 aliphatic heterocycles. The minimum atomic E-state index is -0.847. The van der Waals surface area contributed by atoms with Crippen molar-refractivity contribution < 1.29 is 37.7 Å². The molecule has 2 heterocycles. The van der Waals surface area contributed by atoms with Crippen LogP contribution in [0.5, 0.6) is 11.5 Å². The van der Waals surface area contributed by atoms with Gasteiger partial charge >= 0.3 is 17.9 Å². The summed E-state index contributed by atoms with van der Waals surface area (Å²) in [5.41, 5.74) is 0.888. The Morgan fingerprint density at radius 1 is 0.960 bits per heavy atom. The average molecular weight is 691 g/mol. The average Bonchev–Trinajstić information content (AvgIpc) is 3.01. The van der Waals surface area contributed by atoms with Crippen molar-refractivity contribution in [1.82, 2.24) is 4.90 Å². The van der Waals surface area contributed by atoms with Crippen LogP contribution < -0.4 is 20.4 Å². The number of hydrogen-bond acceptors (Lipinski definition) is 9. The van der Waals surface area contributed by atoms with Gasteiger partial charge in [-0.05, 0) is 130 Å². The van der Waals surface area contributed by atoms with Crippen molar-refractivity contribution in [2.45, 2.75) is 112 Å². The molecule has 4 rings (SSSR count). The first-order valence-corrected chi connectivity index (χ1v) is 17.1. The highest BCUT2D eigenvalue weighted by atomic mass is 16.7. The van der Waals surface area contributed by atoms with Crippen LogP contribution in [0.1, 0.15) is 103 Å². The third kappa shape index (κ3) is 10.6. The molecule has 1 fully saturated rings. The number of ether oxygens (including phenoxy) is 4. The van der Waals surface area contributed by atoms with Crippen LogP contribution in [0.25, 0.3) is 11.0 Å². The zero-order valence-electron chi connectivity index (χ0n) is 30.7. The van der Waals surface area contributed by atoms with Crippen LogP contribution in [0.4, 0.5) is 15.3 Å². The SMILES string of the molecule is CC(C)=CCc1cc(C(=O)Nc2cc3ccc(OCCC4CCCCN4C(=O)OC(C)(C)C)c(C)c3oc2=O)ccc1OC(=O)OC(C)(C)C. The third-order valence-corrected chi connectivity index (χ3v) is 7.95.